The number of hydrogen-bond acceptors (Lipinski definition) is 6. The van der Waals surface area contributed by atoms with E-state index in [9.17, 15) is 18.0 Å². The van der Waals surface area contributed by atoms with Crippen LogP contribution in [0.15, 0.2) is 71.6 Å². The van der Waals surface area contributed by atoms with Gasteiger partial charge in [-0.15, -0.1) is 0 Å². The van der Waals surface area contributed by atoms with Gasteiger partial charge in [-0.25, -0.2) is 9.59 Å². The van der Waals surface area contributed by atoms with Crippen LogP contribution in [0, 0.1) is 13.8 Å². The van der Waals surface area contributed by atoms with Gasteiger partial charge < -0.3 is 19.6 Å². The van der Waals surface area contributed by atoms with Gasteiger partial charge in [-0.2, -0.15) is 8.42 Å². The third-order valence-corrected chi connectivity index (χ3v) is 5.70. The Morgan fingerprint density at radius 3 is 2.22 bits per heavy atom. The number of carbonyl (C=O) groups is 2. The standard InChI is InChI=1S/C23H22N2O6S/c1-15-7-10-19(11-8-15)32(28,29)31-18-9-12-20(22(26)30-3)21(14-18)25-23(27)24-17-6-4-5-16(2)13-17/h4-14H,1-3H3,(H2,24,25,27). The van der Waals surface area contributed by atoms with Gasteiger partial charge in [0.05, 0.1) is 18.4 Å². The molecule has 0 radical (unpaired) electrons. The van der Waals surface area contributed by atoms with Crippen molar-refractivity contribution in [3.63, 3.8) is 0 Å². The summed E-state index contributed by atoms with van der Waals surface area (Å²) in [6.07, 6.45) is 0. The Kier molecular flexibility index (Phi) is 6.79. The van der Waals surface area contributed by atoms with E-state index in [-0.39, 0.29) is 21.9 Å². The topological polar surface area (TPSA) is 111 Å². The summed E-state index contributed by atoms with van der Waals surface area (Å²) in [4.78, 5) is 24.6. The van der Waals surface area contributed by atoms with Crippen LogP contribution < -0.4 is 14.8 Å². The van der Waals surface area contributed by atoms with Crippen LogP contribution in [0.2, 0.25) is 0 Å². The maximum Gasteiger partial charge on any atom is 0.339 e. The molecule has 0 aromatic heterocycles. The van der Waals surface area contributed by atoms with E-state index in [0.29, 0.717) is 5.69 Å². The van der Waals surface area contributed by atoms with Gasteiger partial charge in [-0.3, -0.25) is 0 Å². The van der Waals surface area contributed by atoms with Crippen molar-refractivity contribution in [1.82, 2.24) is 0 Å². The highest BCUT2D eigenvalue weighted by Gasteiger charge is 2.20. The van der Waals surface area contributed by atoms with Crippen molar-refractivity contribution >= 4 is 33.5 Å². The van der Waals surface area contributed by atoms with E-state index in [1.165, 1.54) is 37.4 Å². The molecule has 166 valence electrons. The molecule has 0 unspecified atom stereocenters. The number of hydrogen-bond donors (Lipinski definition) is 2. The van der Waals surface area contributed by atoms with Gasteiger partial charge in [0.15, 0.2) is 0 Å². The van der Waals surface area contributed by atoms with Crippen LogP contribution in [0.1, 0.15) is 21.5 Å². The normalized spacial score (nSPS) is 10.8. The van der Waals surface area contributed by atoms with Crippen LogP contribution in [0.25, 0.3) is 0 Å². The SMILES string of the molecule is COC(=O)c1ccc(OS(=O)(=O)c2ccc(C)cc2)cc1NC(=O)Nc1cccc(C)c1. The summed E-state index contributed by atoms with van der Waals surface area (Å²) < 4.78 is 35.1. The van der Waals surface area contributed by atoms with Crippen LogP contribution >= 0.6 is 0 Å². The first-order valence-electron chi connectivity index (χ1n) is 9.56. The molecule has 3 aromatic carbocycles. The fourth-order valence-corrected chi connectivity index (χ4v) is 3.78. The molecule has 0 atom stereocenters. The maximum atomic E-state index is 12.6. The molecule has 3 aromatic rings. The number of ether oxygens (including phenoxy) is 1. The fourth-order valence-electron chi connectivity index (χ4n) is 2.85. The molecule has 0 fully saturated rings. The molecule has 0 heterocycles. The summed E-state index contributed by atoms with van der Waals surface area (Å²) in [5.74, 6) is -0.784. The molecule has 0 aliphatic heterocycles. The average molecular weight is 455 g/mol. The van der Waals surface area contributed by atoms with E-state index in [1.54, 1.807) is 30.3 Å². The number of esters is 1. The minimum Gasteiger partial charge on any atom is -0.465 e. The van der Waals surface area contributed by atoms with Gasteiger partial charge in [0.25, 0.3) is 0 Å². The molecule has 0 spiro atoms. The van der Waals surface area contributed by atoms with Gasteiger partial charge in [0.1, 0.15) is 10.6 Å². The molecule has 8 nitrogen and oxygen atoms in total. The first-order chi connectivity index (χ1) is 15.2. The minimum atomic E-state index is -4.11. The third kappa shape index (κ3) is 5.64. The Labute approximate surface area is 186 Å². The molecule has 0 bridgehead atoms. The molecule has 2 N–H and O–H groups in total. The van der Waals surface area contributed by atoms with Gasteiger partial charge in [0.2, 0.25) is 0 Å². The lowest BCUT2D eigenvalue weighted by Crippen LogP contribution is -2.21. The lowest BCUT2D eigenvalue weighted by Gasteiger charge is -2.13. The Morgan fingerprint density at radius 1 is 0.844 bits per heavy atom. The number of methoxy groups -OCH3 is 1. The predicted molar refractivity (Wildman–Crippen MR) is 121 cm³/mol. The van der Waals surface area contributed by atoms with Gasteiger partial charge in [-0.1, -0.05) is 29.8 Å². The van der Waals surface area contributed by atoms with Crippen molar-refractivity contribution in [3.8, 4) is 5.75 Å². The molecule has 0 aliphatic rings. The highest BCUT2D eigenvalue weighted by Crippen LogP contribution is 2.26. The Balaban J connectivity index is 1.86. The number of urea groups is 1. The highest BCUT2D eigenvalue weighted by atomic mass is 32.2. The zero-order chi connectivity index (χ0) is 23.3. The fraction of sp³-hybridized carbons (Fsp3) is 0.130. The van der Waals surface area contributed by atoms with E-state index >= 15 is 0 Å². The van der Waals surface area contributed by atoms with E-state index in [1.807, 2.05) is 19.9 Å². The van der Waals surface area contributed by atoms with Crippen LogP contribution in [0.3, 0.4) is 0 Å². The maximum absolute atomic E-state index is 12.6. The van der Waals surface area contributed by atoms with E-state index in [2.05, 4.69) is 10.6 Å². The molecular weight excluding hydrogens is 432 g/mol. The Hall–Kier alpha value is -3.85. The lowest BCUT2D eigenvalue weighted by molar-refractivity contribution is 0.0602. The second-order valence-corrected chi connectivity index (χ2v) is 8.54. The smallest absolute Gasteiger partial charge is 0.339 e. The van der Waals surface area contributed by atoms with Crippen LogP contribution in [0.5, 0.6) is 5.75 Å². The number of amides is 2. The number of rotatable bonds is 6. The van der Waals surface area contributed by atoms with E-state index in [4.69, 9.17) is 8.92 Å². The van der Waals surface area contributed by atoms with Gasteiger partial charge >= 0.3 is 22.1 Å². The summed E-state index contributed by atoms with van der Waals surface area (Å²) in [6, 6.07) is 16.6. The summed E-state index contributed by atoms with van der Waals surface area (Å²) in [5.41, 5.74) is 2.47. The van der Waals surface area contributed by atoms with E-state index < -0.39 is 22.1 Å². The molecule has 0 saturated heterocycles. The monoisotopic (exact) mass is 454 g/mol. The van der Waals surface area contributed by atoms with E-state index in [0.717, 1.165) is 11.1 Å². The number of carbonyl (C=O) groups excluding carboxylic acids is 2. The summed E-state index contributed by atoms with van der Waals surface area (Å²) in [6.45, 7) is 3.72. The molecule has 0 aliphatic carbocycles. The lowest BCUT2D eigenvalue weighted by atomic mass is 10.1. The quantitative estimate of drug-likeness (QED) is 0.419. The van der Waals surface area contributed by atoms with Crippen molar-refractivity contribution in [3.05, 3.63) is 83.4 Å². The molecule has 2 amide bonds. The van der Waals surface area contributed by atoms with Crippen molar-refractivity contribution in [2.24, 2.45) is 0 Å². The van der Waals surface area contributed by atoms with Crippen molar-refractivity contribution in [2.75, 3.05) is 17.7 Å². The second kappa shape index (κ2) is 9.52. The highest BCUT2D eigenvalue weighted by molar-refractivity contribution is 7.87. The molecular formula is C23H22N2O6S. The summed E-state index contributed by atoms with van der Waals surface area (Å²) in [7, 11) is -2.91. The first-order valence-corrected chi connectivity index (χ1v) is 11.0. The first kappa shape index (κ1) is 22.8. The van der Waals surface area contributed by atoms with Crippen molar-refractivity contribution < 1.29 is 26.9 Å². The van der Waals surface area contributed by atoms with Crippen LogP contribution in [-0.4, -0.2) is 27.5 Å². The molecule has 32 heavy (non-hydrogen) atoms. The molecule has 0 saturated carbocycles. The second-order valence-electron chi connectivity index (χ2n) is 7.00. The zero-order valence-corrected chi connectivity index (χ0v) is 18.5. The zero-order valence-electron chi connectivity index (χ0n) is 17.7. The Bertz CT molecular complexity index is 1250. The van der Waals surface area contributed by atoms with Crippen LogP contribution in [-0.2, 0) is 14.9 Å². The average Bonchev–Trinajstić information content (AvgIpc) is 2.73. The minimum absolute atomic E-state index is 0.0214. The summed E-state index contributed by atoms with van der Waals surface area (Å²) in [5, 5.41) is 5.19. The number of benzene rings is 3. The predicted octanol–water partition coefficient (Wildman–Crippen LogP) is 4.50. The third-order valence-electron chi connectivity index (χ3n) is 4.44. The Morgan fingerprint density at radius 2 is 1.56 bits per heavy atom. The van der Waals surface area contributed by atoms with Gasteiger partial charge in [0, 0.05) is 11.8 Å². The number of anilines is 2. The van der Waals surface area contributed by atoms with Crippen LogP contribution in [0.4, 0.5) is 16.2 Å². The number of nitrogens with one attached hydrogen (secondary N) is 2. The summed E-state index contributed by atoms with van der Waals surface area (Å²) >= 11 is 0. The van der Waals surface area contributed by atoms with Gasteiger partial charge in [-0.05, 0) is 55.8 Å². The molecule has 9 heteroatoms. The largest absolute Gasteiger partial charge is 0.465 e. The molecule has 3 rings (SSSR count). The van der Waals surface area contributed by atoms with Crippen molar-refractivity contribution in [1.29, 1.82) is 0 Å². The van der Waals surface area contributed by atoms with Crippen molar-refractivity contribution in [2.45, 2.75) is 18.7 Å². The number of aryl methyl sites for hydroxylation is 2.